The number of carboxylic acids is 1. The van der Waals surface area contributed by atoms with Crippen LogP contribution >= 0.6 is 22.6 Å². The molecule has 2 rings (SSSR count). The molecule has 18 heavy (non-hydrogen) atoms. The molecular weight excluding hydrogens is 345 g/mol. The molecule has 0 heterocycles. The molecule has 5 heteroatoms. The van der Waals surface area contributed by atoms with Crippen molar-refractivity contribution in [2.45, 2.75) is 0 Å². The third kappa shape index (κ3) is 2.26. The molecule has 0 amide bonds. The van der Waals surface area contributed by atoms with E-state index in [0.717, 1.165) is 3.57 Å². The Morgan fingerprint density at radius 1 is 1.17 bits per heavy atom. The molecule has 0 unspecified atom stereocenters. The highest BCUT2D eigenvalue weighted by atomic mass is 127. The Labute approximate surface area is 117 Å². The van der Waals surface area contributed by atoms with Gasteiger partial charge in [0.25, 0.3) is 0 Å². The average molecular weight is 355 g/mol. The van der Waals surface area contributed by atoms with Crippen LogP contribution in [-0.4, -0.2) is 16.2 Å². The number of hydrogen-bond donors (Lipinski definition) is 3. The number of carboxylic acid groups (broad SMARTS) is 1. The third-order valence-electron chi connectivity index (χ3n) is 2.57. The number of carbonyl (C=O) groups is 1. The molecule has 0 radical (unpaired) electrons. The van der Waals surface area contributed by atoms with Crippen molar-refractivity contribution in [3.8, 4) is 16.9 Å². The van der Waals surface area contributed by atoms with Crippen molar-refractivity contribution in [2.24, 2.45) is 0 Å². The molecule has 0 atom stereocenters. The summed E-state index contributed by atoms with van der Waals surface area (Å²) in [5.41, 5.74) is 7.26. The number of nitrogen functional groups attached to an aromatic ring is 1. The van der Waals surface area contributed by atoms with Crippen LogP contribution in [-0.2, 0) is 0 Å². The number of para-hydroxylation sites is 1. The quantitative estimate of drug-likeness (QED) is 0.439. The van der Waals surface area contributed by atoms with Gasteiger partial charge in [-0.15, -0.1) is 0 Å². The third-order valence-corrected chi connectivity index (χ3v) is 3.51. The lowest BCUT2D eigenvalue weighted by Gasteiger charge is -2.09. The van der Waals surface area contributed by atoms with E-state index in [1.165, 1.54) is 12.1 Å². The average Bonchev–Trinajstić information content (AvgIpc) is 2.33. The second-order valence-electron chi connectivity index (χ2n) is 3.74. The summed E-state index contributed by atoms with van der Waals surface area (Å²) in [6.45, 7) is 0. The monoisotopic (exact) mass is 355 g/mol. The van der Waals surface area contributed by atoms with Gasteiger partial charge in [-0.3, -0.25) is 0 Å². The number of aromatic carboxylic acids is 1. The van der Waals surface area contributed by atoms with Crippen molar-refractivity contribution in [1.82, 2.24) is 0 Å². The van der Waals surface area contributed by atoms with Gasteiger partial charge in [0.15, 0.2) is 0 Å². The molecule has 0 saturated heterocycles. The molecule has 2 aromatic carbocycles. The number of hydrogen-bond acceptors (Lipinski definition) is 3. The molecule has 4 nitrogen and oxygen atoms in total. The standard InChI is InChI=1S/C13H10INO3/c14-10-5-4-7(13(17)18)6-9(10)8-2-1-3-11(15)12(8)16/h1-6,16H,15H2,(H,17,18). The van der Waals surface area contributed by atoms with E-state index in [2.05, 4.69) is 22.6 Å². The molecule has 92 valence electrons. The maximum absolute atomic E-state index is 11.0. The zero-order chi connectivity index (χ0) is 13.3. The predicted octanol–water partition coefficient (Wildman–Crippen LogP) is 2.94. The summed E-state index contributed by atoms with van der Waals surface area (Å²) in [6.07, 6.45) is 0. The fourth-order valence-corrected chi connectivity index (χ4v) is 2.27. The van der Waals surface area contributed by atoms with Gasteiger partial charge in [-0.2, -0.15) is 0 Å². The Hall–Kier alpha value is -1.76. The van der Waals surface area contributed by atoms with E-state index in [1.54, 1.807) is 24.3 Å². The summed E-state index contributed by atoms with van der Waals surface area (Å²) in [5.74, 6) is -1.03. The van der Waals surface area contributed by atoms with Crippen LogP contribution in [0.1, 0.15) is 10.4 Å². The van der Waals surface area contributed by atoms with E-state index in [9.17, 15) is 9.90 Å². The van der Waals surface area contributed by atoms with Gasteiger partial charge in [0.1, 0.15) is 5.75 Å². The zero-order valence-electron chi connectivity index (χ0n) is 9.22. The van der Waals surface area contributed by atoms with E-state index in [4.69, 9.17) is 10.8 Å². The maximum atomic E-state index is 11.0. The Kier molecular flexibility index (Phi) is 3.42. The fraction of sp³-hybridized carbons (Fsp3) is 0. The van der Waals surface area contributed by atoms with Crippen molar-refractivity contribution in [1.29, 1.82) is 0 Å². The SMILES string of the molecule is Nc1cccc(-c2cc(C(=O)O)ccc2I)c1O. The minimum absolute atomic E-state index is 0.0297. The summed E-state index contributed by atoms with van der Waals surface area (Å²) < 4.78 is 0.846. The van der Waals surface area contributed by atoms with Crippen LogP contribution in [0.5, 0.6) is 5.75 Å². The van der Waals surface area contributed by atoms with Crippen LogP contribution in [0, 0.1) is 3.57 Å². The first-order valence-electron chi connectivity index (χ1n) is 5.11. The Morgan fingerprint density at radius 3 is 2.56 bits per heavy atom. The zero-order valence-corrected chi connectivity index (χ0v) is 11.4. The second-order valence-corrected chi connectivity index (χ2v) is 4.91. The maximum Gasteiger partial charge on any atom is 0.335 e. The molecule has 0 spiro atoms. The van der Waals surface area contributed by atoms with Gasteiger partial charge >= 0.3 is 5.97 Å². The highest BCUT2D eigenvalue weighted by Crippen LogP contribution is 2.36. The molecule has 0 aromatic heterocycles. The van der Waals surface area contributed by atoms with Crippen molar-refractivity contribution in [3.63, 3.8) is 0 Å². The van der Waals surface area contributed by atoms with Gasteiger partial charge in [0, 0.05) is 9.13 Å². The topological polar surface area (TPSA) is 83.6 Å². The largest absolute Gasteiger partial charge is 0.505 e. The molecule has 0 saturated carbocycles. The molecule has 0 aliphatic carbocycles. The van der Waals surface area contributed by atoms with Gasteiger partial charge in [-0.05, 0) is 52.4 Å². The fourth-order valence-electron chi connectivity index (χ4n) is 1.64. The molecule has 2 aromatic rings. The van der Waals surface area contributed by atoms with E-state index < -0.39 is 5.97 Å². The Morgan fingerprint density at radius 2 is 1.89 bits per heavy atom. The summed E-state index contributed by atoms with van der Waals surface area (Å²) in [7, 11) is 0. The summed E-state index contributed by atoms with van der Waals surface area (Å²) in [6, 6.07) is 9.76. The summed E-state index contributed by atoms with van der Waals surface area (Å²) in [5, 5.41) is 18.9. The molecule has 0 aliphatic heterocycles. The Bertz CT molecular complexity index is 626. The number of aromatic hydroxyl groups is 1. The molecule has 0 fully saturated rings. The molecule has 4 N–H and O–H groups in total. The Balaban J connectivity index is 2.66. The summed E-state index contributed by atoms with van der Waals surface area (Å²) >= 11 is 2.09. The summed E-state index contributed by atoms with van der Waals surface area (Å²) in [4.78, 5) is 11.0. The lowest BCUT2D eigenvalue weighted by atomic mass is 10.0. The van der Waals surface area contributed by atoms with Crippen LogP contribution in [0.3, 0.4) is 0 Å². The van der Waals surface area contributed by atoms with Crippen LogP contribution in [0.2, 0.25) is 0 Å². The van der Waals surface area contributed by atoms with Gasteiger partial charge < -0.3 is 15.9 Å². The number of rotatable bonds is 2. The van der Waals surface area contributed by atoms with Crippen LogP contribution in [0.15, 0.2) is 36.4 Å². The van der Waals surface area contributed by atoms with Crippen molar-refractivity contribution >= 4 is 34.2 Å². The van der Waals surface area contributed by atoms with Crippen molar-refractivity contribution in [2.75, 3.05) is 5.73 Å². The number of phenols is 1. The van der Waals surface area contributed by atoms with E-state index >= 15 is 0 Å². The number of anilines is 1. The number of nitrogens with two attached hydrogens (primary N) is 1. The van der Waals surface area contributed by atoms with Gasteiger partial charge in [0.05, 0.1) is 11.3 Å². The first kappa shape index (κ1) is 12.7. The first-order chi connectivity index (χ1) is 8.50. The highest BCUT2D eigenvalue weighted by Gasteiger charge is 2.13. The van der Waals surface area contributed by atoms with Crippen molar-refractivity contribution in [3.05, 3.63) is 45.5 Å². The first-order valence-corrected chi connectivity index (χ1v) is 6.19. The normalized spacial score (nSPS) is 10.3. The van der Waals surface area contributed by atoms with Crippen molar-refractivity contribution < 1.29 is 15.0 Å². The van der Waals surface area contributed by atoms with E-state index in [1.807, 2.05) is 0 Å². The van der Waals surface area contributed by atoms with Gasteiger partial charge in [0.2, 0.25) is 0 Å². The number of halogens is 1. The number of benzene rings is 2. The van der Waals surface area contributed by atoms with E-state index in [-0.39, 0.29) is 17.0 Å². The lowest BCUT2D eigenvalue weighted by Crippen LogP contribution is -1.97. The van der Waals surface area contributed by atoms with Gasteiger partial charge in [-0.1, -0.05) is 12.1 Å². The van der Waals surface area contributed by atoms with E-state index in [0.29, 0.717) is 11.1 Å². The van der Waals surface area contributed by atoms with Crippen LogP contribution in [0.4, 0.5) is 5.69 Å². The lowest BCUT2D eigenvalue weighted by molar-refractivity contribution is 0.0697. The smallest absolute Gasteiger partial charge is 0.335 e. The van der Waals surface area contributed by atoms with Gasteiger partial charge in [-0.25, -0.2) is 4.79 Å². The molecule has 0 bridgehead atoms. The molecule has 0 aliphatic rings. The van der Waals surface area contributed by atoms with Crippen LogP contribution in [0.25, 0.3) is 11.1 Å². The second kappa shape index (κ2) is 4.85. The molecular formula is C13H10INO3. The predicted molar refractivity (Wildman–Crippen MR) is 77.6 cm³/mol. The van der Waals surface area contributed by atoms with Crippen LogP contribution < -0.4 is 5.73 Å². The minimum Gasteiger partial charge on any atom is -0.505 e. The highest BCUT2D eigenvalue weighted by molar-refractivity contribution is 14.1. The number of phenolic OH excluding ortho intramolecular Hbond substituents is 1. The minimum atomic E-state index is -1.00.